The smallest absolute Gasteiger partial charge is 0.275 e. The second-order valence-electron chi connectivity index (χ2n) is 3.55. The van der Waals surface area contributed by atoms with E-state index in [2.05, 4.69) is 0 Å². The molecule has 15 heavy (non-hydrogen) atoms. The van der Waals surface area contributed by atoms with Gasteiger partial charge >= 0.3 is 0 Å². The van der Waals surface area contributed by atoms with Gasteiger partial charge in [-0.1, -0.05) is 0 Å². The van der Waals surface area contributed by atoms with Crippen LogP contribution in [0.15, 0.2) is 12.1 Å². The molecule has 0 bridgehead atoms. The van der Waals surface area contributed by atoms with Crippen molar-refractivity contribution in [3.63, 3.8) is 0 Å². The molecule has 0 heterocycles. The zero-order valence-electron chi connectivity index (χ0n) is 8.73. The van der Waals surface area contributed by atoms with Crippen molar-refractivity contribution >= 4 is 5.69 Å². The summed E-state index contributed by atoms with van der Waals surface area (Å²) in [5.74, 6) is 0. The van der Waals surface area contributed by atoms with Gasteiger partial charge in [0.05, 0.1) is 17.6 Å². The lowest BCUT2D eigenvalue weighted by Gasteiger charge is -2.11. The summed E-state index contributed by atoms with van der Waals surface area (Å²) in [7, 11) is 0. The van der Waals surface area contributed by atoms with Crippen LogP contribution in [-0.4, -0.2) is 16.6 Å². The van der Waals surface area contributed by atoms with Crippen LogP contribution in [0.25, 0.3) is 0 Å². The molecule has 0 aliphatic carbocycles. The summed E-state index contributed by atoms with van der Waals surface area (Å²) in [4.78, 5) is 10.3. The van der Waals surface area contributed by atoms with Crippen molar-refractivity contribution in [2.45, 2.75) is 19.9 Å². The number of benzene rings is 1. The highest BCUT2D eigenvalue weighted by Gasteiger charge is 2.17. The van der Waals surface area contributed by atoms with Crippen molar-refractivity contribution in [3.05, 3.63) is 38.9 Å². The van der Waals surface area contributed by atoms with Crippen LogP contribution < -0.4 is 5.73 Å². The average molecular weight is 210 g/mol. The van der Waals surface area contributed by atoms with Crippen LogP contribution in [0.4, 0.5) is 5.69 Å². The van der Waals surface area contributed by atoms with Crippen molar-refractivity contribution < 1.29 is 10.0 Å². The Bertz CT molecular complexity index is 367. The predicted molar refractivity (Wildman–Crippen MR) is 56.6 cm³/mol. The van der Waals surface area contributed by atoms with Crippen molar-refractivity contribution in [1.29, 1.82) is 0 Å². The van der Waals surface area contributed by atoms with Crippen molar-refractivity contribution in [3.8, 4) is 0 Å². The molecular formula is C10H14N2O3. The molecular weight excluding hydrogens is 196 g/mol. The quantitative estimate of drug-likeness (QED) is 0.579. The minimum atomic E-state index is -0.483. The second kappa shape index (κ2) is 4.37. The average Bonchev–Trinajstić information content (AvgIpc) is 2.14. The Hall–Kier alpha value is -1.46. The highest BCUT2D eigenvalue weighted by Crippen LogP contribution is 2.26. The number of rotatable bonds is 3. The Kier molecular flexibility index (Phi) is 3.39. The van der Waals surface area contributed by atoms with Crippen LogP contribution in [0, 0.1) is 24.0 Å². The summed E-state index contributed by atoms with van der Waals surface area (Å²) < 4.78 is 0. The molecule has 1 aromatic rings. The van der Waals surface area contributed by atoms with Crippen LogP contribution in [0.3, 0.4) is 0 Å². The Balaban J connectivity index is 3.25. The second-order valence-corrected chi connectivity index (χ2v) is 3.55. The van der Waals surface area contributed by atoms with E-state index in [0.29, 0.717) is 11.1 Å². The van der Waals surface area contributed by atoms with Crippen LogP contribution in [0.2, 0.25) is 0 Å². The van der Waals surface area contributed by atoms with E-state index in [4.69, 9.17) is 10.8 Å². The molecule has 0 radical (unpaired) electrons. The minimum Gasteiger partial charge on any atom is -0.394 e. The topological polar surface area (TPSA) is 89.4 Å². The standard InChI is InChI=1S/C10H14N2O3/c1-6-3-8(9(11)5-13)4-7(2)10(6)12(14)15/h3-4,9,13H,5,11H2,1-2H3. The molecule has 0 spiro atoms. The van der Waals surface area contributed by atoms with E-state index in [-0.39, 0.29) is 12.3 Å². The summed E-state index contributed by atoms with van der Waals surface area (Å²) in [6, 6.07) is 2.81. The van der Waals surface area contributed by atoms with Gasteiger partial charge in [0, 0.05) is 11.1 Å². The van der Waals surface area contributed by atoms with E-state index < -0.39 is 11.0 Å². The number of nitrogens with zero attached hydrogens (tertiary/aromatic N) is 1. The number of nitro groups is 1. The van der Waals surface area contributed by atoms with E-state index in [1.807, 2.05) is 0 Å². The molecule has 1 rings (SSSR count). The molecule has 1 atom stereocenters. The summed E-state index contributed by atoms with van der Waals surface area (Å²) in [5, 5.41) is 19.6. The van der Waals surface area contributed by atoms with Crippen LogP contribution in [-0.2, 0) is 0 Å². The Morgan fingerprint density at radius 1 is 1.47 bits per heavy atom. The van der Waals surface area contributed by atoms with E-state index in [1.54, 1.807) is 26.0 Å². The molecule has 0 amide bonds. The molecule has 0 saturated carbocycles. The monoisotopic (exact) mass is 210 g/mol. The maximum Gasteiger partial charge on any atom is 0.275 e. The maximum absolute atomic E-state index is 10.7. The molecule has 1 aromatic carbocycles. The molecule has 0 aliphatic heterocycles. The van der Waals surface area contributed by atoms with Crippen LogP contribution in [0.1, 0.15) is 22.7 Å². The normalized spacial score (nSPS) is 12.5. The van der Waals surface area contributed by atoms with Crippen molar-refractivity contribution in [2.75, 3.05) is 6.61 Å². The summed E-state index contributed by atoms with van der Waals surface area (Å²) >= 11 is 0. The molecule has 5 nitrogen and oxygen atoms in total. The van der Waals surface area contributed by atoms with E-state index in [0.717, 1.165) is 5.56 Å². The lowest BCUT2D eigenvalue weighted by Crippen LogP contribution is -2.15. The van der Waals surface area contributed by atoms with Gasteiger partial charge < -0.3 is 10.8 Å². The first-order chi connectivity index (χ1) is 6.97. The Labute approximate surface area is 87.7 Å². The number of aliphatic hydroxyl groups is 1. The number of hydrogen-bond donors (Lipinski definition) is 2. The van der Waals surface area contributed by atoms with Gasteiger partial charge in [-0.2, -0.15) is 0 Å². The Morgan fingerprint density at radius 3 is 2.27 bits per heavy atom. The van der Waals surface area contributed by atoms with Crippen LogP contribution >= 0.6 is 0 Å². The fourth-order valence-electron chi connectivity index (χ4n) is 1.60. The van der Waals surface area contributed by atoms with Gasteiger partial charge in [0.15, 0.2) is 0 Å². The fourth-order valence-corrected chi connectivity index (χ4v) is 1.60. The predicted octanol–water partition coefficient (Wildman–Crippen LogP) is 1.20. The van der Waals surface area contributed by atoms with E-state index >= 15 is 0 Å². The molecule has 1 unspecified atom stereocenters. The molecule has 0 aliphatic rings. The lowest BCUT2D eigenvalue weighted by atomic mass is 10.0. The van der Waals surface area contributed by atoms with Gasteiger partial charge in [0.1, 0.15) is 0 Å². The molecule has 3 N–H and O–H groups in total. The van der Waals surface area contributed by atoms with Crippen LogP contribution in [0.5, 0.6) is 0 Å². The molecule has 5 heteroatoms. The van der Waals surface area contributed by atoms with Gasteiger partial charge in [0.25, 0.3) is 5.69 Å². The number of hydrogen-bond acceptors (Lipinski definition) is 4. The Morgan fingerprint density at radius 2 is 1.93 bits per heavy atom. The molecule has 82 valence electrons. The van der Waals surface area contributed by atoms with Gasteiger partial charge in [-0.3, -0.25) is 10.1 Å². The first-order valence-corrected chi connectivity index (χ1v) is 4.59. The molecule has 0 saturated heterocycles. The molecule has 0 fully saturated rings. The summed E-state index contributed by atoms with van der Waals surface area (Å²) in [6.45, 7) is 3.16. The number of nitro benzene ring substituents is 1. The molecule has 0 aromatic heterocycles. The number of nitrogens with two attached hydrogens (primary N) is 1. The van der Waals surface area contributed by atoms with E-state index in [9.17, 15) is 10.1 Å². The highest BCUT2D eigenvalue weighted by molar-refractivity contribution is 5.49. The van der Waals surface area contributed by atoms with Gasteiger partial charge in [-0.15, -0.1) is 0 Å². The maximum atomic E-state index is 10.7. The summed E-state index contributed by atoms with van der Waals surface area (Å²) in [5.41, 5.74) is 7.61. The largest absolute Gasteiger partial charge is 0.394 e. The number of aliphatic hydroxyl groups excluding tert-OH is 1. The summed E-state index contributed by atoms with van der Waals surface area (Å²) in [6.07, 6.45) is 0. The third kappa shape index (κ3) is 2.31. The zero-order chi connectivity index (χ0) is 11.6. The lowest BCUT2D eigenvalue weighted by molar-refractivity contribution is -0.386. The SMILES string of the molecule is Cc1cc(C(N)CO)cc(C)c1[N+](=O)[O-]. The van der Waals surface area contributed by atoms with Gasteiger partial charge in [0.2, 0.25) is 0 Å². The zero-order valence-corrected chi connectivity index (χ0v) is 8.73. The fraction of sp³-hybridized carbons (Fsp3) is 0.400. The third-order valence-electron chi connectivity index (χ3n) is 2.32. The van der Waals surface area contributed by atoms with E-state index in [1.165, 1.54) is 0 Å². The first-order valence-electron chi connectivity index (χ1n) is 4.59. The highest BCUT2D eigenvalue weighted by atomic mass is 16.6. The van der Waals surface area contributed by atoms with Crippen molar-refractivity contribution in [1.82, 2.24) is 0 Å². The third-order valence-corrected chi connectivity index (χ3v) is 2.32. The first kappa shape index (κ1) is 11.6. The van der Waals surface area contributed by atoms with Gasteiger partial charge in [-0.25, -0.2) is 0 Å². The van der Waals surface area contributed by atoms with Gasteiger partial charge in [-0.05, 0) is 31.5 Å². The number of aryl methyl sites for hydroxylation is 2. The van der Waals surface area contributed by atoms with Crippen molar-refractivity contribution in [2.24, 2.45) is 5.73 Å². The minimum absolute atomic E-state index is 0.115.